The molecule has 0 radical (unpaired) electrons. The second kappa shape index (κ2) is 7.74. The molecule has 1 saturated carbocycles. The van der Waals surface area contributed by atoms with Crippen molar-refractivity contribution < 1.29 is 4.79 Å². The fourth-order valence-electron chi connectivity index (χ4n) is 3.52. The van der Waals surface area contributed by atoms with Gasteiger partial charge in [-0.1, -0.05) is 44.2 Å². The average molecular weight is 377 g/mol. The van der Waals surface area contributed by atoms with E-state index in [1.165, 1.54) is 5.56 Å². The van der Waals surface area contributed by atoms with Crippen LogP contribution in [0.3, 0.4) is 0 Å². The molecular formula is C23H28N4O. The number of nitrogens with one attached hydrogen (secondary N) is 1. The number of amides is 1. The highest BCUT2D eigenvalue weighted by Gasteiger charge is 2.32. The number of pyridine rings is 1. The summed E-state index contributed by atoms with van der Waals surface area (Å²) in [6, 6.07) is 12.4. The molecule has 1 aliphatic rings. The molecule has 1 fully saturated rings. The van der Waals surface area contributed by atoms with Gasteiger partial charge in [-0.15, -0.1) is 0 Å². The highest BCUT2D eigenvalue weighted by atomic mass is 16.1. The summed E-state index contributed by atoms with van der Waals surface area (Å²) in [5.41, 5.74) is 4.71. The third-order valence-corrected chi connectivity index (χ3v) is 5.52. The first-order chi connectivity index (χ1) is 13.6. The SMILES string of the molecule is CCc1cc(C(=O)N[C@H](C)CC)c2c(C3CC3)nn(Cc3ccccc3)c2n1. The number of carbonyl (C=O) groups is 1. The van der Waals surface area contributed by atoms with Gasteiger partial charge >= 0.3 is 0 Å². The molecule has 1 aromatic carbocycles. The molecule has 28 heavy (non-hydrogen) atoms. The maximum absolute atomic E-state index is 13.1. The zero-order valence-corrected chi connectivity index (χ0v) is 16.9. The first-order valence-electron chi connectivity index (χ1n) is 10.4. The van der Waals surface area contributed by atoms with E-state index in [1.807, 2.05) is 35.9 Å². The molecule has 0 unspecified atom stereocenters. The zero-order chi connectivity index (χ0) is 19.7. The van der Waals surface area contributed by atoms with Crippen molar-refractivity contribution in [1.82, 2.24) is 20.1 Å². The predicted octanol–water partition coefficient (Wildman–Crippen LogP) is 4.45. The normalized spacial score (nSPS) is 15.0. The lowest BCUT2D eigenvalue weighted by Gasteiger charge is -2.13. The van der Waals surface area contributed by atoms with Gasteiger partial charge in [-0.05, 0) is 44.2 Å². The van der Waals surface area contributed by atoms with Gasteiger partial charge in [-0.2, -0.15) is 5.10 Å². The molecule has 1 amide bonds. The number of hydrogen-bond acceptors (Lipinski definition) is 3. The molecule has 1 N–H and O–H groups in total. The molecule has 146 valence electrons. The highest BCUT2D eigenvalue weighted by Crippen LogP contribution is 2.43. The summed E-state index contributed by atoms with van der Waals surface area (Å²) in [6.45, 7) is 6.86. The fourth-order valence-corrected chi connectivity index (χ4v) is 3.52. The van der Waals surface area contributed by atoms with Crippen LogP contribution in [0.5, 0.6) is 0 Å². The van der Waals surface area contributed by atoms with E-state index >= 15 is 0 Å². The quantitative estimate of drug-likeness (QED) is 0.663. The van der Waals surface area contributed by atoms with Gasteiger partial charge < -0.3 is 5.32 Å². The van der Waals surface area contributed by atoms with E-state index in [4.69, 9.17) is 10.1 Å². The maximum atomic E-state index is 13.1. The molecule has 2 heterocycles. The van der Waals surface area contributed by atoms with Crippen molar-refractivity contribution in [3.05, 3.63) is 58.9 Å². The van der Waals surface area contributed by atoms with Crippen molar-refractivity contribution in [3.8, 4) is 0 Å². The lowest BCUT2D eigenvalue weighted by molar-refractivity contribution is 0.0940. The van der Waals surface area contributed by atoms with Crippen molar-refractivity contribution in [3.63, 3.8) is 0 Å². The van der Waals surface area contributed by atoms with E-state index in [9.17, 15) is 4.79 Å². The van der Waals surface area contributed by atoms with Crippen molar-refractivity contribution in [2.75, 3.05) is 0 Å². The Kier molecular flexibility index (Phi) is 5.16. The number of aromatic nitrogens is 3. The van der Waals surface area contributed by atoms with E-state index in [0.717, 1.165) is 53.7 Å². The number of rotatable bonds is 7. The van der Waals surface area contributed by atoms with Crippen LogP contribution >= 0.6 is 0 Å². The second-order valence-corrected chi connectivity index (χ2v) is 7.80. The molecule has 1 atom stereocenters. The van der Waals surface area contributed by atoms with Gasteiger partial charge in [0.05, 0.1) is 23.2 Å². The van der Waals surface area contributed by atoms with Crippen molar-refractivity contribution >= 4 is 16.9 Å². The van der Waals surface area contributed by atoms with E-state index < -0.39 is 0 Å². The molecule has 4 rings (SSSR count). The summed E-state index contributed by atoms with van der Waals surface area (Å²) >= 11 is 0. The number of aryl methyl sites for hydroxylation is 1. The summed E-state index contributed by atoms with van der Waals surface area (Å²) in [5.74, 6) is 0.432. The Balaban J connectivity index is 1.85. The van der Waals surface area contributed by atoms with Crippen LogP contribution in [0, 0.1) is 0 Å². The van der Waals surface area contributed by atoms with Crippen LogP contribution in [-0.4, -0.2) is 26.7 Å². The maximum Gasteiger partial charge on any atom is 0.252 e. The van der Waals surface area contributed by atoms with Gasteiger partial charge in [0.1, 0.15) is 0 Å². The van der Waals surface area contributed by atoms with Crippen LogP contribution in [0.4, 0.5) is 0 Å². The van der Waals surface area contributed by atoms with Gasteiger partial charge in [-0.3, -0.25) is 4.79 Å². The third-order valence-electron chi connectivity index (χ3n) is 5.52. The highest BCUT2D eigenvalue weighted by molar-refractivity contribution is 6.07. The van der Waals surface area contributed by atoms with Crippen molar-refractivity contribution in [2.45, 2.75) is 65.0 Å². The van der Waals surface area contributed by atoms with Gasteiger partial charge in [-0.25, -0.2) is 9.67 Å². The molecule has 3 aromatic rings. The van der Waals surface area contributed by atoms with Crippen LogP contribution in [0.1, 0.15) is 73.3 Å². The molecule has 0 aliphatic heterocycles. The van der Waals surface area contributed by atoms with E-state index in [0.29, 0.717) is 12.5 Å². The Morgan fingerprint density at radius 3 is 2.64 bits per heavy atom. The molecule has 2 aromatic heterocycles. The monoisotopic (exact) mass is 376 g/mol. The molecule has 5 nitrogen and oxygen atoms in total. The summed E-state index contributed by atoms with van der Waals surface area (Å²) in [4.78, 5) is 18.0. The lowest BCUT2D eigenvalue weighted by Crippen LogP contribution is -2.32. The van der Waals surface area contributed by atoms with E-state index in [2.05, 4.69) is 31.3 Å². The van der Waals surface area contributed by atoms with Crippen molar-refractivity contribution in [1.29, 1.82) is 0 Å². The van der Waals surface area contributed by atoms with E-state index in [-0.39, 0.29) is 11.9 Å². The Hall–Kier alpha value is -2.69. The van der Waals surface area contributed by atoms with Crippen LogP contribution in [-0.2, 0) is 13.0 Å². The zero-order valence-electron chi connectivity index (χ0n) is 16.9. The van der Waals surface area contributed by atoms with Gasteiger partial charge in [0, 0.05) is 17.7 Å². The molecule has 0 bridgehead atoms. The lowest BCUT2D eigenvalue weighted by atomic mass is 10.0. The first kappa shape index (κ1) is 18.7. The molecule has 5 heteroatoms. The average Bonchev–Trinajstić information content (AvgIpc) is 3.50. The smallest absolute Gasteiger partial charge is 0.252 e. The Labute approximate surface area is 166 Å². The summed E-state index contributed by atoms with van der Waals surface area (Å²) in [7, 11) is 0. The van der Waals surface area contributed by atoms with Crippen LogP contribution in [0.25, 0.3) is 11.0 Å². The topological polar surface area (TPSA) is 59.8 Å². The van der Waals surface area contributed by atoms with Gasteiger partial charge in [0.25, 0.3) is 5.91 Å². The van der Waals surface area contributed by atoms with Gasteiger partial charge in [0.2, 0.25) is 0 Å². The number of hydrogen-bond donors (Lipinski definition) is 1. The minimum Gasteiger partial charge on any atom is -0.350 e. The minimum atomic E-state index is -0.0161. The Morgan fingerprint density at radius 1 is 1.25 bits per heavy atom. The number of carbonyl (C=O) groups excluding carboxylic acids is 1. The van der Waals surface area contributed by atoms with E-state index in [1.54, 1.807) is 0 Å². The molecule has 1 aliphatic carbocycles. The fraction of sp³-hybridized carbons (Fsp3) is 0.435. The minimum absolute atomic E-state index is 0.0161. The first-order valence-corrected chi connectivity index (χ1v) is 10.4. The largest absolute Gasteiger partial charge is 0.350 e. The van der Waals surface area contributed by atoms with Crippen molar-refractivity contribution in [2.24, 2.45) is 0 Å². The van der Waals surface area contributed by atoms with Gasteiger partial charge in [0.15, 0.2) is 5.65 Å². The number of nitrogens with zero attached hydrogens (tertiary/aromatic N) is 3. The molecular weight excluding hydrogens is 348 g/mol. The molecule has 0 spiro atoms. The van der Waals surface area contributed by atoms with Crippen LogP contribution < -0.4 is 5.32 Å². The third kappa shape index (κ3) is 3.66. The summed E-state index contributed by atoms with van der Waals surface area (Å²) in [6.07, 6.45) is 3.97. The second-order valence-electron chi connectivity index (χ2n) is 7.80. The predicted molar refractivity (Wildman–Crippen MR) is 112 cm³/mol. The summed E-state index contributed by atoms with van der Waals surface area (Å²) in [5, 5.41) is 9.01. The standard InChI is InChI=1S/C23H28N4O/c1-4-15(3)24-23(28)19-13-18(5-2)25-22-20(19)21(17-11-12-17)26-27(22)14-16-9-7-6-8-10-16/h6-10,13,15,17H,4-5,11-12,14H2,1-3H3,(H,24,28)/t15-/m1/s1. The number of benzene rings is 1. The van der Waals surface area contributed by atoms with Crippen LogP contribution in [0.2, 0.25) is 0 Å². The Morgan fingerprint density at radius 2 is 2.00 bits per heavy atom. The summed E-state index contributed by atoms with van der Waals surface area (Å²) < 4.78 is 1.98. The van der Waals surface area contributed by atoms with Crippen LogP contribution in [0.15, 0.2) is 36.4 Å². The number of fused-ring (bicyclic) bond motifs is 1. The molecule has 0 saturated heterocycles. The Bertz CT molecular complexity index is 989.